The van der Waals surface area contributed by atoms with Crippen LogP contribution in [0.1, 0.15) is 54.7 Å². The van der Waals surface area contributed by atoms with Gasteiger partial charge in [0, 0.05) is 11.1 Å². The fourth-order valence-corrected chi connectivity index (χ4v) is 2.99. The first-order chi connectivity index (χ1) is 13.2. The zero-order valence-electron chi connectivity index (χ0n) is 16.8. The van der Waals surface area contributed by atoms with E-state index in [1.54, 1.807) is 30.4 Å². The van der Waals surface area contributed by atoms with E-state index in [2.05, 4.69) is 6.08 Å². The largest absolute Gasteiger partial charge is 0.508 e. The second-order valence-corrected chi connectivity index (χ2v) is 7.86. The van der Waals surface area contributed by atoms with Gasteiger partial charge in [-0.3, -0.25) is 4.79 Å². The van der Waals surface area contributed by atoms with Crippen LogP contribution in [0.25, 0.3) is 12.2 Å². The maximum atomic E-state index is 12.6. The maximum Gasteiger partial charge on any atom is 0.185 e. The first-order valence-corrected chi connectivity index (χ1v) is 9.43. The van der Waals surface area contributed by atoms with Crippen molar-refractivity contribution in [2.45, 2.75) is 39.7 Å². The monoisotopic (exact) mass is 374 g/mol. The minimum absolute atomic E-state index is 0.0695. The van der Waals surface area contributed by atoms with Gasteiger partial charge in [0.1, 0.15) is 17.1 Å². The van der Waals surface area contributed by atoms with Gasteiger partial charge in [-0.2, -0.15) is 0 Å². The zero-order valence-corrected chi connectivity index (χ0v) is 16.8. The molecule has 0 atom stereocenters. The molecule has 0 aliphatic carbocycles. The number of ketones is 1. The third kappa shape index (κ3) is 4.80. The summed E-state index contributed by atoms with van der Waals surface area (Å²) in [4.78, 5) is 12.6. The number of aromatic hydroxyl groups is 1. The molecule has 0 unspecified atom stereocenters. The van der Waals surface area contributed by atoms with Crippen LogP contribution in [0.5, 0.6) is 11.5 Å². The quantitative estimate of drug-likeness (QED) is 0.398. The number of benzene rings is 2. The first-order valence-electron chi connectivity index (χ1n) is 9.43. The molecule has 2 aromatic rings. The van der Waals surface area contributed by atoms with Gasteiger partial charge in [0.2, 0.25) is 0 Å². The van der Waals surface area contributed by atoms with Gasteiger partial charge in [0.15, 0.2) is 5.78 Å². The number of rotatable bonds is 5. The van der Waals surface area contributed by atoms with Crippen molar-refractivity contribution >= 4 is 17.9 Å². The molecule has 28 heavy (non-hydrogen) atoms. The summed E-state index contributed by atoms with van der Waals surface area (Å²) in [5.41, 5.74) is 4.12. The number of ether oxygens (including phenoxy) is 1. The van der Waals surface area contributed by atoms with Gasteiger partial charge < -0.3 is 9.84 Å². The minimum Gasteiger partial charge on any atom is -0.508 e. The van der Waals surface area contributed by atoms with Crippen molar-refractivity contribution in [1.29, 1.82) is 0 Å². The van der Waals surface area contributed by atoms with E-state index in [0.29, 0.717) is 12.0 Å². The average Bonchev–Trinajstić information content (AvgIpc) is 2.64. The normalized spacial score (nSPS) is 14.4. The Bertz CT molecular complexity index is 987. The molecule has 0 fully saturated rings. The maximum absolute atomic E-state index is 12.6. The van der Waals surface area contributed by atoms with E-state index >= 15 is 0 Å². The molecule has 0 amide bonds. The summed E-state index contributed by atoms with van der Waals surface area (Å²) in [6.45, 7) is 8.05. The van der Waals surface area contributed by atoms with Crippen molar-refractivity contribution in [2.75, 3.05) is 0 Å². The molecular formula is C25H26O3. The summed E-state index contributed by atoms with van der Waals surface area (Å²) in [5.74, 6) is 0.987. The van der Waals surface area contributed by atoms with Crippen LogP contribution < -0.4 is 4.74 Å². The minimum atomic E-state index is -0.333. The Kier molecular flexibility index (Phi) is 5.55. The molecule has 0 spiro atoms. The van der Waals surface area contributed by atoms with Crippen molar-refractivity contribution in [3.63, 3.8) is 0 Å². The fraction of sp³-hybridized carbons (Fsp3) is 0.240. The van der Waals surface area contributed by atoms with Crippen LogP contribution in [-0.4, -0.2) is 16.5 Å². The first kappa shape index (κ1) is 19.7. The molecule has 144 valence electrons. The molecule has 0 saturated carbocycles. The molecule has 1 aliphatic rings. The fourth-order valence-electron chi connectivity index (χ4n) is 2.99. The van der Waals surface area contributed by atoms with Crippen LogP contribution in [-0.2, 0) is 6.42 Å². The third-order valence-electron chi connectivity index (χ3n) is 4.59. The van der Waals surface area contributed by atoms with Gasteiger partial charge in [-0.05, 0) is 87.7 Å². The van der Waals surface area contributed by atoms with Crippen LogP contribution in [0.3, 0.4) is 0 Å². The van der Waals surface area contributed by atoms with Gasteiger partial charge in [0.05, 0.1) is 0 Å². The standard InChI is InChI=1S/C25H26O3/c1-17(2)5-8-19-15-18(6-10-22(19)26)7-11-23(27)20-9-12-24-21(16-20)13-14-25(3,4)28-24/h5-7,9-16,26H,8H2,1-4H3/b11-7+. The Labute approximate surface area is 166 Å². The summed E-state index contributed by atoms with van der Waals surface area (Å²) in [5, 5.41) is 10.0. The van der Waals surface area contributed by atoms with Gasteiger partial charge in [-0.1, -0.05) is 29.9 Å². The molecule has 3 nitrogen and oxygen atoms in total. The van der Waals surface area contributed by atoms with Crippen molar-refractivity contribution in [3.8, 4) is 11.5 Å². The topological polar surface area (TPSA) is 46.5 Å². The van der Waals surface area contributed by atoms with E-state index in [-0.39, 0.29) is 17.1 Å². The van der Waals surface area contributed by atoms with Crippen molar-refractivity contribution in [2.24, 2.45) is 0 Å². The lowest BCUT2D eigenvalue weighted by molar-refractivity contribution is 0.104. The van der Waals surface area contributed by atoms with E-state index < -0.39 is 0 Å². The van der Waals surface area contributed by atoms with E-state index in [4.69, 9.17) is 4.74 Å². The van der Waals surface area contributed by atoms with Crippen LogP contribution in [0, 0.1) is 0 Å². The number of carbonyl (C=O) groups excluding carboxylic acids is 1. The Morgan fingerprint density at radius 3 is 2.68 bits per heavy atom. The highest BCUT2D eigenvalue weighted by Gasteiger charge is 2.21. The van der Waals surface area contributed by atoms with E-state index in [9.17, 15) is 9.90 Å². The lowest BCUT2D eigenvalue weighted by atomic mass is 9.99. The molecule has 0 saturated heterocycles. The molecule has 0 aromatic heterocycles. The number of phenols is 1. The van der Waals surface area contributed by atoms with Crippen LogP contribution >= 0.6 is 0 Å². The average molecular weight is 374 g/mol. The summed E-state index contributed by atoms with van der Waals surface area (Å²) in [6, 6.07) is 10.9. The van der Waals surface area contributed by atoms with Gasteiger partial charge in [0.25, 0.3) is 0 Å². The second-order valence-electron chi connectivity index (χ2n) is 7.86. The molecule has 3 rings (SSSR count). The Morgan fingerprint density at radius 1 is 1.14 bits per heavy atom. The van der Waals surface area contributed by atoms with E-state index in [0.717, 1.165) is 22.4 Å². The Morgan fingerprint density at radius 2 is 1.93 bits per heavy atom. The van der Waals surface area contributed by atoms with Crippen LogP contribution in [0.15, 0.2) is 60.2 Å². The molecule has 2 aromatic carbocycles. The molecule has 3 heteroatoms. The lowest BCUT2D eigenvalue weighted by Crippen LogP contribution is -2.27. The highest BCUT2D eigenvalue weighted by atomic mass is 16.5. The number of hydrogen-bond acceptors (Lipinski definition) is 3. The van der Waals surface area contributed by atoms with Crippen molar-refractivity contribution in [3.05, 3.63) is 82.5 Å². The number of carbonyl (C=O) groups is 1. The lowest BCUT2D eigenvalue weighted by Gasteiger charge is -2.27. The van der Waals surface area contributed by atoms with Crippen molar-refractivity contribution < 1.29 is 14.6 Å². The Hall–Kier alpha value is -3.07. The van der Waals surface area contributed by atoms with Gasteiger partial charge >= 0.3 is 0 Å². The number of hydrogen-bond donors (Lipinski definition) is 1. The smallest absolute Gasteiger partial charge is 0.185 e. The van der Waals surface area contributed by atoms with Gasteiger partial charge in [-0.15, -0.1) is 0 Å². The summed E-state index contributed by atoms with van der Waals surface area (Å²) in [6.07, 6.45) is 10.1. The molecule has 0 radical (unpaired) electrons. The predicted molar refractivity (Wildman–Crippen MR) is 115 cm³/mol. The molecule has 1 N–H and O–H groups in total. The summed E-state index contributed by atoms with van der Waals surface area (Å²) in [7, 11) is 0. The number of fused-ring (bicyclic) bond motifs is 1. The summed E-state index contributed by atoms with van der Waals surface area (Å²) >= 11 is 0. The van der Waals surface area contributed by atoms with E-state index in [1.165, 1.54) is 5.57 Å². The van der Waals surface area contributed by atoms with Crippen LogP contribution in [0.2, 0.25) is 0 Å². The Balaban J connectivity index is 1.77. The number of phenolic OH excluding ortho intramolecular Hbond substituents is 1. The molecular weight excluding hydrogens is 348 g/mol. The predicted octanol–water partition coefficient (Wildman–Crippen LogP) is 5.98. The van der Waals surface area contributed by atoms with Crippen LogP contribution in [0.4, 0.5) is 0 Å². The molecule has 1 aliphatic heterocycles. The van der Waals surface area contributed by atoms with Gasteiger partial charge in [-0.25, -0.2) is 0 Å². The SMILES string of the molecule is CC(C)=CCc1cc(/C=C/C(=O)c2ccc3c(c2)C=CC(C)(C)O3)ccc1O. The van der Waals surface area contributed by atoms with Crippen molar-refractivity contribution in [1.82, 2.24) is 0 Å². The van der Waals surface area contributed by atoms with E-state index in [1.807, 2.05) is 58.0 Å². The third-order valence-corrected chi connectivity index (χ3v) is 4.59. The zero-order chi connectivity index (χ0) is 20.3. The summed E-state index contributed by atoms with van der Waals surface area (Å²) < 4.78 is 5.90. The second kappa shape index (κ2) is 7.89. The molecule has 0 bridgehead atoms. The number of allylic oxidation sites excluding steroid dienone is 3. The highest BCUT2D eigenvalue weighted by Crippen LogP contribution is 2.31. The highest BCUT2D eigenvalue weighted by molar-refractivity contribution is 6.07. The molecule has 1 heterocycles.